The molecular formula is C36H34N4O6S. The van der Waals surface area contributed by atoms with Gasteiger partial charge in [-0.1, -0.05) is 30.3 Å². The Morgan fingerprint density at radius 1 is 0.787 bits per heavy atom. The number of H-pyrrole nitrogens is 1. The van der Waals surface area contributed by atoms with E-state index in [1.807, 2.05) is 43.5 Å². The van der Waals surface area contributed by atoms with Crippen LogP contribution in [0.5, 0.6) is 17.2 Å². The van der Waals surface area contributed by atoms with Crippen molar-refractivity contribution in [3.8, 4) is 17.2 Å². The van der Waals surface area contributed by atoms with Crippen LogP contribution in [-0.4, -0.2) is 49.3 Å². The first-order chi connectivity index (χ1) is 22.8. The van der Waals surface area contributed by atoms with Crippen molar-refractivity contribution in [2.24, 2.45) is 0 Å². The zero-order chi connectivity index (χ0) is 33.3. The van der Waals surface area contributed by atoms with Gasteiger partial charge in [0.15, 0.2) is 11.5 Å². The molecule has 0 aliphatic carbocycles. The molecule has 0 spiro atoms. The molecule has 0 aliphatic rings. The molecule has 1 aromatic heterocycles. The highest BCUT2D eigenvalue weighted by Crippen LogP contribution is 2.38. The standard InChI is InChI=1S/C36H34N4O6S/c1-22(34(41)38-27-14-13-24-15-16-37-29(24)21-27)47-28-12-8-11-26(20-28)39-36(43)30(40-35(42)25-9-6-5-7-10-25)17-23-18-31(44-2)33(46-4)32(19-23)45-3/h5-22,37H,1-4H3,(H,38,41)(H,39,43)(H,40,42)/b30-17+. The number of hydrogen-bond donors (Lipinski definition) is 4. The van der Waals surface area contributed by atoms with Gasteiger partial charge in [0.05, 0.1) is 26.6 Å². The summed E-state index contributed by atoms with van der Waals surface area (Å²) in [6, 6.07) is 26.7. The van der Waals surface area contributed by atoms with Crippen LogP contribution < -0.4 is 30.2 Å². The number of carbonyl (C=O) groups excluding carboxylic acids is 3. The van der Waals surface area contributed by atoms with E-state index in [2.05, 4.69) is 20.9 Å². The smallest absolute Gasteiger partial charge is 0.272 e. The lowest BCUT2D eigenvalue weighted by atomic mass is 10.1. The summed E-state index contributed by atoms with van der Waals surface area (Å²) >= 11 is 1.35. The number of rotatable bonds is 12. The zero-order valence-electron chi connectivity index (χ0n) is 26.3. The first-order valence-electron chi connectivity index (χ1n) is 14.6. The first kappa shape index (κ1) is 32.7. The maximum absolute atomic E-state index is 13.7. The van der Waals surface area contributed by atoms with Crippen molar-refractivity contribution in [1.29, 1.82) is 0 Å². The van der Waals surface area contributed by atoms with Gasteiger partial charge in [-0.3, -0.25) is 14.4 Å². The molecule has 3 amide bonds. The van der Waals surface area contributed by atoms with Crippen molar-refractivity contribution in [2.75, 3.05) is 32.0 Å². The number of nitrogens with one attached hydrogen (secondary N) is 4. The first-order valence-corrected chi connectivity index (χ1v) is 15.5. The van der Waals surface area contributed by atoms with Crippen LogP contribution in [0.1, 0.15) is 22.8 Å². The summed E-state index contributed by atoms with van der Waals surface area (Å²) in [5, 5.41) is 9.20. The second kappa shape index (κ2) is 15.1. The fourth-order valence-corrected chi connectivity index (χ4v) is 5.69. The third-order valence-corrected chi connectivity index (χ3v) is 8.22. The Bertz CT molecular complexity index is 1910. The van der Waals surface area contributed by atoms with Gasteiger partial charge in [-0.2, -0.15) is 0 Å². The molecule has 240 valence electrons. The molecule has 47 heavy (non-hydrogen) atoms. The topological polar surface area (TPSA) is 131 Å². The Kier molecular flexibility index (Phi) is 10.5. The van der Waals surface area contributed by atoms with Crippen LogP contribution in [-0.2, 0) is 9.59 Å². The molecule has 1 atom stereocenters. The van der Waals surface area contributed by atoms with E-state index in [1.165, 1.54) is 39.2 Å². The lowest BCUT2D eigenvalue weighted by molar-refractivity contribution is -0.115. The Morgan fingerprint density at radius 3 is 2.21 bits per heavy atom. The minimum absolute atomic E-state index is 0.0158. The lowest BCUT2D eigenvalue weighted by Gasteiger charge is -2.15. The fourth-order valence-electron chi connectivity index (χ4n) is 4.77. The summed E-state index contributed by atoms with van der Waals surface area (Å²) in [6.07, 6.45) is 3.38. The summed E-state index contributed by atoms with van der Waals surface area (Å²) < 4.78 is 16.3. The van der Waals surface area contributed by atoms with Gasteiger partial charge in [0.2, 0.25) is 11.7 Å². The zero-order valence-corrected chi connectivity index (χ0v) is 27.1. The summed E-state index contributed by atoms with van der Waals surface area (Å²) in [7, 11) is 4.48. The number of fused-ring (bicyclic) bond motifs is 1. The number of ether oxygens (including phenoxy) is 3. The van der Waals surface area contributed by atoms with Crippen molar-refractivity contribution in [2.45, 2.75) is 17.1 Å². The van der Waals surface area contributed by atoms with Crippen LogP contribution >= 0.6 is 11.8 Å². The Balaban J connectivity index is 1.34. The van der Waals surface area contributed by atoms with Crippen LogP contribution in [0.4, 0.5) is 11.4 Å². The van der Waals surface area contributed by atoms with Gasteiger partial charge in [0, 0.05) is 33.5 Å². The van der Waals surface area contributed by atoms with Gasteiger partial charge < -0.3 is 35.1 Å². The molecule has 0 saturated heterocycles. The van der Waals surface area contributed by atoms with E-state index in [0.29, 0.717) is 39.8 Å². The lowest BCUT2D eigenvalue weighted by Crippen LogP contribution is -2.30. The highest BCUT2D eigenvalue weighted by atomic mass is 32.2. The largest absolute Gasteiger partial charge is 0.493 e. The van der Waals surface area contributed by atoms with Crippen LogP contribution in [0.2, 0.25) is 0 Å². The van der Waals surface area contributed by atoms with Crippen molar-refractivity contribution in [3.05, 3.63) is 114 Å². The number of aromatic amines is 1. The summed E-state index contributed by atoms with van der Waals surface area (Å²) in [4.78, 5) is 43.7. The van der Waals surface area contributed by atoms with Crippen molar-refractivity contribution < 1.29 is 28.6 Å². The van der Waals surface area contributed by atoms with Crippen LogP contribution in [0.25, 0.3) is 17.0 Å². The molecule has 1 heterocycles. The molecule has 5 rings (SSSR count). The Hall–Kier alpha value is -5.68. The maximum Gasteiger partial charge on any atom is 0.272 e. The van der Waals surface area contributed by atoms with E-state index in [4.69, 9.17) is 14.2 Å². The molecule has 0 fully saturated rings. The third kappa shape index (κ3) is 8.13. The third-order valence-electron chi connectivity index (χ3n) is 7.12. The molecule has 4 N–H and O–H groups in total. The number of methoxy groups -OCH3 is 3. The van der Waals surface area contributed by atoms with E-state index in [-0.39, 0.29) is 11.6 Å². The van der Waals surface area contributed by atoms with Crippen LogP contribution in [0.15, 0.2) is 108 Å². The van der Waals surface area contributed by atoms with E-state index >= 15 is 0 Å². The van der Waals surface area contributed by atoms with Gasteiger partial charge in [-0.15, -0.1) is 11.8 Å². The average molecular weight is 651 g/mol. The molecule has 0 aliphatic heterocycles. The number of carbonyl (C=O) groups is 3. The van der Waals surface area contributed by atoms with Crippen LogP contribution in [0.3, 0.4) is 0 Å². The molecule has 0 bridgehead atoms. The van der Waals surface area contributed by atoms with E-state index in [9.17, 15) is 14.4 Å². The highest BCUT2D eigenvalue weighted by molar-refractivity contribution is 8.00. The summed E-state index contributed by atoms with van der Waals surface area (Å²) in [6.45, 7) is 1.82. The van der Waals surface area contributed by atoms with E-state index < -0.39 is 17.1 Å². The van der Waals surface area contributed by atoms with Gasteiger partial charge in [-0.05, 0) is 84.6 Å². The van der Waals surface area contributed by atoms with Crippen molar-refractivity contribution in [1.82, 2.24) is 10.3 Å². The highest BCUT2D eigenvalue weighted by Gasteiger charge is 2.19. The summed E-state index contributed by atoms with van der Waals surface area (Å²) in [5.41, 5.74) is 3.01. The monoisotopic (exact) mass is 650 g/mol. The molecule has 11 heteroatoms. The van der Waals surface area contributed by atoms with Crippen molar-refractivity contribution >= 4 is 57.8 Å². The maximum atomic E-state index is 13.7. The Labute approximate surface area is 276 Å². The van der Waals surface area contributed by atoms with Gasteiger partial charge >= 0.3 is 0 Å². The summed E-state index contributed by atoms with van der Waals surface area (Å²) in [5.74, 6) is -0.00514. The predicted molar refractivity (Wildman–Crippen MR) is 185 cm³/mol. The minimum atomic E-state index is -0.560. The van der Waals surface area contributed by atoms with Gasteiger partial charge in [-0.25, -0.2) is 0 Å². The van der Waals surface area contributed by atoms with Gasteiger partial charge in [0.1, 0.15) is 5.70 Å². The molecule has 1 unspecified atom stereocenters. The van der Waals surface area contributed by atoms with Gasteiger partial charge in [0.25, 0.3) is 11.8 Å². The van der Waals surface area contributed by atoms with E-state index in [0.717, 1.165) is 15.8 Å². The number of aromatic nitrogens is 1. The van der Waals surface area contributed by atoms with E-state index in [1.54, 1.807) is 60.7 Å². The quantitative estimate of drug-likeness (QED) is 0.0871. The number of thioether (sulfide) groups is 1. The average Bonchev–Trinajstić information content (AvgIpc) is 3.56. The SMILES string of the molecule is COc1cc(/C=C(/NC(=O)c2ccccc2)C(=O)Nc2cccc(SC(C)C(=O)Nc3ccc4cc[nH]c4c3)c2)cc(OC)c1OC. The van der Waals surface area contributed by atoms with Crippen LogP contribution in [0, 0.1) is 0 Å². The molecular weight excluding hydrogens is 616 g/mol. The number of anilines is 2. The number of benzene rings is 4. The second-order valence-corrected chi connectivity index (χ2v) is 11.8. The number of amides is 3. The molecule has 0 saturated carbocycles. The predicted octanol–water partition coefficient (Wildman–Crippen LogP) is 6.72. The molecule has 0 radical (unpaired) electrons. The second-order valence-electron chi connectivity index (χ2n) is 10.3. The molecule has 5 aromatic rings. The fraction of sp³-hybridized carbons (Fsp3) is 0.139. The molecule has 10 nitrogen and oxygen atoms in total. The Morgan fingerprint density at radius 2 is 1.51 bits per heavy atom. The minimum Gasteiger partial charge on any atom is -0.493 e. The van der Waals surface area contributed by atoms with Crippen molar-refractivity contribution in [3.63, 3.8) is 0 Å². The molecule has 4 aromatic carbocycles. The normalized spacial score (nSPS) is 11.8. The number of hydrogen-bond acceptors (Lipinski definition) is 7.